The normalized spacial score (nSPS) is 10.7. The van der Waals surface area contributed by atoms with Crippen LogP contribution in [0.25, 0.3) is 0 Å². The Labute approximate surface area is 215 Å². The first-order valence-electron chi connectivity index (χ1n) is 11.5. The third-order valence-corrected chi connectivity index (χ3v) is 5.23. The average molecular weight is 520 g/mol. The van der Waals surface area contributed by atoms with Crippen LogP contribution in [0.3, 0.4) is 0 Å². The van der Waals surface area contributed by atoms with Gasteiger partial charge in [0, 0.05) is 13.1 Å². The quantitative estimate of drug-likeness (QED) is 0.128. The van der Waals surface area contributed by atoms with Crippen LogP contribution in [0.4, 0.5) is 11.6 Å². The highest BCUT2D eigenvalue weighted by atomic mass is 35.5. The molecule has 0 fully saturated rings. The summed E-state index contributed by atoms with van der Waals surface area (Å²) in [7, 11) is 3.99. The summed E-state index contributed by atoms with van der Waals surface area (Å²) in [6.45, 7) is 2.03. The van der Waals surface area contributed by atoms with Gasteiger partial charge in [-0.3, -0.25) is 20.3 Å². The Bertz CT molecular complexity index is 1030. The van der Waals surface area contributed by atoms with Crippen LogP contribution < -0.4 is 32.2 Å². The molecule has 0 aliphatic rings. The van der Waals surface area contributed by atoms with E-state index in [2.05, 4.69) is 30.8 Å². The highest BCUT2D eigenvalue weighted by molar-refractivity contribution is 6.31. The first kappa shape index (κ1) is 28.6. The highest BCUT2D eigenvalue weighted by Crippen LogP contribution is 2.17. The smallest absolute Gasteiger partial charge is 0.280 e. The first-order chi connectivity index (χ1) is 17.2. The number of guanidine groups is 1. The SMILES string of the molecule is CN(C)CCCNC(=O)COc1ccc(CCCCNC(=N)NC(=O)c2nc(Cl)c(N)nc2N)cc1. The van der Waals surface area contributed by atoms with E-state index in [-0.39, 0.29) is 41.0 Å². The third kappa shape index (κ3) is 10.3. The van der Waals surface area contributed by atoms with Gasteiger partial charge in [-0.15, -0.1) is 0 Å². The summed E-state index contributed by atoms with van der Waals surface area (Å²) in [5.74, 6) is -0.630. The van der Waals surface area contributed by atoms with Gasteiger partial charge in [0.2, 0.25) is 0 Å². The number of carbonyl (C=O) groups excluding carboxylic acids is 2. The highest BCUT2D eigenvalue weighted by Gasteiger charge is 2.17. The van der Waals surface area contributed by atoms with E-state index in [0.717, 1.165) is 37.8 Å². The van der Waals surface area contributed by atoms with Crippen molar-refractivity contribution in [2.24, 2.45) is 0 Å². The lowest BCUT2D eigenvalue weighted by Crippen LogP contribution is -2.41. The number of ether oxygens (including phenoxy) is 1. The molecule has 0 saturated heterocycles. The molecule has 0 radical (unpaired) electrons. The Morgan fingerprint density at radius 2 is 1.72 bits per heavy atom. The molecule has 2 amide bonds. The van der Waals surface area contributed by atoms with E-state index in [1.54, 1.807) is 0 Å². The molecule has 0 unspecified atom stereocenters. The summed E-state index contributed by atoms with van der Waals surface area (Å²) in [5, 5.41) is 15.7. The predicted molar refractivity (Wildman–Crippen MR) is 140 cm³/mol. The number of nitrogen functional groups attached to an aromatic ring is 2. The predicted octanol–water partition coefficient (Wildman–Crippen LogP) is 1.02. The van der Waals surface area contributed by atoms with Gasteiger partial charge in [0.25, 0.3) is 11.8 Å². The van der Waals surface area contributed by atoms with E-state index in [4.69, 9.17) is 33.2 Å². The zero-order chi connectivity index (χ0) is 26.5. The summed E-state index contributed by atoms with van der Waals surface area (Å²) in [4.78, 5) is 33.6. The summed E-state index contributed by atoms with van der Waals surface area (Å²) < 4.78 is 5.53. The van der Waals surface area contributed by atoms with Gasteiger partial charge in [0.15, 0.2) is 35.0 Å². The molecule has 0 spiro atoms. The Morgan fingerprint density at radius 1 is 1.03 bits per heavy atom. The average Bonchev–Trinajstić information content (AvgIpc) is 2.83. The maximum absolute atomic E-state index is 12.2. The summed E-state index contributed by atoms with van der Waals surface area (Å²) >= 11 is 5.77. The van der Waals surface area contributed by atoms with Crippen molar-refractivity contribution in [1.29, 1.82) is 5.41 Å². The molecule has 2 aromatic rings. The Morgan fingerprint density at radius 3 is 2.42 bits per heavy atom. The van der Waals surface area contributed by atoms with Gasteiger partial charge >= 0.3 is 0 Å². The van der Waals surface area contributed by atoms with Crippen molar-refractivity contribution in [1.82, 2.24) is 30.8 Å². The van der Waals surface area contributed by atoms with Gasteiger partial charge in [-0.1, -0.05) is 23.7 Å². The summed E-state index contributed by atoms with van der Waals surface area (Å²) in [6.07, 6.45) is 3.38. The van der Waals surface area contributed by atoms with Crippen LogP contribution in [0, 0.1) is 5.41 Å². The lowest BCUT2D eigenvalue weighted by Gasteiger charge is -2.11. The number of hydrogen-bond acceptors (Lipinski definition) is 9. The van der Waals surface area contributed by atoms with Crippen molar-refractivity contribution < 1.29 is 14.3 Å². The molecular weight excluding hydrogens is 486 g/mol. The number of unbranched alkanes of at least 4 members (excludes halogenated alkanes) is 1. The van der Waals surface area contributed by atoms with Crippen molar-refractivity contribution >= 4 is 41.0 Å². The van der Waals surface area contributed by atoms with Crippen molar-refractivity contribution in [2.45, 2.75) is 25.7 Å². The molecular formula is C23H34ClN9O3. The second-order valence-electron chi connectivity index (χ2n) is 8.29. The van der Waals surface area contributed by atoms with Crippen LogP contribution in [-0.4, -0.2) is 73.0 Å². The molecule has 2 rings (SSSR count). The number of halogens is 1. The molecule has 0 aliphatic carbocycles. The van der Waals surface area contributed by atoms with Gasteiger partial charge in [-0.2, -0.15) is 0 Å². The summed E-state index contributed by atoms with van der Waals surface area (Å²) in [6, 6.07) is 7.61. The van der Waals surface area contributed by atoms with E-state index < -0.39 is 5.91 Å². The number of nitrogens with zero attached hydrogens (tertiary/aromatic N) is 3. The second kappa shape index (κ2) is 14.7. The molecule has 1 aromatic heterocycles. The van der Waals surface area contributed by atoms with Crippen molar-refractivity contribution in [3.8, 4) is 5.75 Å². The zero-order valence-corrected chi connectivity index (χ0v) is 21.3. The van der Waals surface area contributed by atoms with E-state index in [1.807, 2.05) is 38.4 Å². The standard InChI is InChI=1S/C23H34ClN9O3/c1-33(2)13-5-12-28-17(34)14-36-16-9-7-15(8-10-16)6-3-4-11-29-23(27)32-22(35)18-20(25)31-21(26)19(24)30-18/h7-10H,3-6,11-14H2,1-2H3,(H,28,34)(H4,25,26,31)(H3,27,29,32,35). The molecule has 36 heavy (non-hydrogen) atoms. The lowest BCUT2D eigenvalue weighted by molar-refractivity contribution is -0.123. The van der Waals surface area contributed by atoms with Crippen molar-refractivity contribution in [2.75, 3.05) is 51.8 Å². The minimum absolute atomic E-state index is 0.0139. The number of rotatable bonds is 13. The van der Waals surface area contributed by atoms with Gasteiger partial charge in [-0.05, 0) is 64.0 Å². The molecule has 1 aromatic carbocycles. The van der Waals surface area contributed by atoms with Gasteiger partial charge in [-0.25, -0.2) is 9.97 Å². The minimum atomic E-state index is -0.705. The van der Waals surface area contributed by atoms with Gasteiger partial charge in [0.1, 0.15) is 5.75 Å². The Balaban J connectivity index is 1.61. The molecule has 8 N–H and O–H groups in total. The number of benzene rings is 1. The van der Waals surface area contributed by atoms with Crippen LogP contribution in [0.2, 0.25) is 5.15 Å². The van der Waals surface area contributed by atoms with Crippen LogP contribution >= 0.6 is 11.6 Å². The van der Waals surface area contributed by atoms with Gasteiger partial charge < -0.3 is 31.7 Å². The monoisotopic (exact) mass is 519 g/mol. The number of nitrogens with two attached hydrogens (primary N) is 2. The number of carbonyl (C=O) groups is 2. The molecule has 1 heterocycles. The molecule has 0 bridgehead atoms. The van der Waals surface area contributed by atoms with Crippen molar-refractivity contribution in [3.05, 3.63) is 40.7 Å². The fourth-order valence-electron chi connectivity index (χ4n) is 3.07. The molecule has 13 heteroatoms. The Kier molecular flexibility index (Phi) is 11.7. The lowest BCUT2D eigenvalue weighted by atomic mass is 10.1. The number of amides is 2. The molecule has 0 aliphatic heterocycles. The van der Waals surface area contributed by atoms with E-state index in [9.17, 15) is 9.59 Å². The van der Waals surface area contributed by atoms with E-state index in [0.29, 0.717) is 18.8 Å². The topological polar surface area (TPSA) is 184 Å². The fourth-order valence-corrected chi connectivity index (χ4v) is 3.20. The van der Waals surface area contributed by atoms with Crippen LogP contribution in [-0.2, 0) is 11.2 Å². The van der Waals surface area contributed by atoms with Gasteiger partial charge in [0.05, 0.1) is 0 Å². The van der Waals surface area contributed by atoms with E-state index >= 15 is 0 Å². The molecule has 0 atom stereocenters. The maximum Gasteiger partial charge on any atom is 0.280 e. The Hall–Kier alpha value is -3.64. The van der Waals surface area contributed by atoms with E-state index in [1.165, 1.54) is 0 Å². The fraction of sp³-hybridized carbons (Fsp3) is 0.435. The molecule has 12 nitrogen and oxygen atoms in total. The number of aromatic nitrogens is 2. The number of aryl methyl sites for hydroxylation is 1. The van der Waals surface area contributed by atoms with Crippen LogP contribution in [0.1, 0.15) is 35.3 Å². The third-order valence-electron chi connectivity index (χ3n) is 4.95. The maximum atomic E-state index is 12.2. The largest absolute Gasteiger partial charge is 0.484 e. The number of hydrogen-bond donors (Lipinski definition) is 6. The number of nitrogens with one attached hydrogen (secondary N) is 4. The van der Waals surface area contributed by atoms with Crippen LogP contribution in [0.5, 0.6) is 5.75 Å². The molecule has 196 valence electrons. The number of anilines is 2. The summed E-state index contributed by atoms with van der Waals surface area (Å²) in [5.41, 5.74) is 12.1. The molecule has 0 saturated carbocycles. The first-order valence-corrected chi connectivity index (χ1v) is 11.9. The van der Waals surface area contributed by atoms with Crippen molar-refractivity contribution in [3.63, 3.8) is 0 Å². The zero-order valence-electron chi connectivity index (χ0n) is 20.6. The minimum Gasteiger partial charge on any atom is -0.484 e. The second-order valence-corrected chi connectivity index (χ2v) is 8.64. The van der Waals surface area contributed by atoms with Crippen LogP contribution in [0.15, 0.2) is 24.3 Å².